The van der Waals surface area contributed by atoms with E-state index in [9.17, 15) is 21.6 Å². The van der Waals surface area contributed by atoms with E-state index < -0.39 is 21.9 Å². The van der Waals surface area contributed by atoms with Gasteiger partial charge in [-0.2, -0.15) is 13.2 Å². The van der Waals surface area contributed by atoms with Crippen LogP contribution in [0.4, 0.5) is 18.9 Å². The van der Waals surface area contributed by atoms with Crippen molar-refractivity contribution >= 4 is 15.5 Å². The zero-order valence-corrected chi connectivity index (χ0v) is 12.5. The molecule has 3 nitrogen and oxygen atoms in total. The number of hydrogen-bond donors (Lipinski definition) is 0. The van der Waals surface area contributed by atoms with Gasteiger partial charge in [0.15, 0.2) is 9.84 Å². The first-order valence-electron chi connectivity index (χ1n) is 6.88. The second kappa shape index (κ2) is 5.87. The number of sulfone groups is 1. The summed E-state index contributed by atoms with van der Waals surface area (Å²) in [7, 11) is -3.24. The molecule has 0 bridgehead atoms. The van der Waals surface area contributed by atoms with Gasteiger partial charge in [-0.25, -0.2) is 8.42 Å². The normalized spacial score (nSPS) is 18.0. The van der Waals surface area contributed by atoms with Crippen molar-refractivity contribution in [1.29, 1.82) is 0 Å². The van der Waals surface area contributed by atoms with Crippen molar-refractivity contribution in [3.8, 4) is 0 Å². The van der Waals surface area contributed by atoms with E-state index in [0.29, 0.717) is 13.1 Å². The van der Waals surface area contributed by atoms with E-state index in [1.54, 1.807) is 19.1 Å². The fourth-order valence-corrected chi connectivity index (χ4v) is 3.38. The number of alkyl halides is 3. The molecule has 0 spiro atoms. The summed E-state index contributed by atoms with van der Waals surface area (Å²) < 4.78 is 61.2. The second-order valence-electron chi connectivity index (χ2n) is 5.20. The lowest BCUT2D eigenvalue weighted by atomic mass is 9.96. The van der Waals surface area contributed by atoms with Crippen molar-refractivity contribution < 1.29 is 21.6 Å². The van der Waals surface area contributed by atoms with Crippen molar-refractivity contribution in [2.75, 3.05) is 23.7 Å². The molecule has 1 aromatic rings. The van der Waals surface area contributed by atoms with Crippen molar-refractivity contribution in [2.24, 2.45) is 5.92 Å². The number of benzene rings is 1. The van der Waals surface area contributed by atoms with Crippen molar-refractivity contribution in [2.45, 2.75) is 30.8 Å². The maximum atomic E-state index is 12.6. The van der Waals surface area contributed by atoms with Crippen LogP contribution in [0, 0.1) is 5.92 Å². The van der Waals surface area contributed by atoms with E-state index in [4.69, 9.17) is 0 Å². The average molecular weight is 321 g/mol. The van der Waals surface area contributed by atoms with Crippen LogP contribution in [-0.4, -0.2) is 33.4 Å². The van der Waals surface area contributed by atoms with Crippen LogP contribution in [-0.2, 0) is 9.84 Å². The predicted molar refractivity (Wildman–Crippen MR) is 75.2 cm³/mol. The molecule has 1 aromatic carbocycles. The Morgan fingerprint density at radius 2 is 1.67 bits per heavy atom. The van der Waals surface area contributed by atoms with E-state index in [2.05, 4.69) is 0 Å². The van der Waals surface area contributed by atoms with Crippen molar-refractivity contribution in [1.82, 2.24) is 0 Å². The molecule has 0 N–H and O–H groups in total. The summed E-state index contributed by atoms with van der Waals surface area (Å²) in [6, 6.07) is 6.36. The molecular formula is C14H18F3NO2S. The summed E-state index contributed by atoms with van der Waals surface area (Å²) >= 11 is 0. The maximum Gasteiger partial charge on any atom is 0.391 e. The monoisotopic (exact) mass is 321 g/mol. The lowest BCUT2D eigenvalue weighted by molar-refractivity contribution is -0.179. The largest absolute Gasteiger partial charge is 0.391 e. The molecule has 0 radical (unpaired) electrons. The van der Waals surface area contributed by atoms with Crippen LogP contribution in [0.15, 0.2) is 29.2 Å². The minimum absolute atomic E-state index is 0.0311. The second-order valence-corrected chi connectivity index (χ2v) is 7.48. The van der Waals surface area contributed by atoms with E-state index >= 15 is 0 Å². The Balaban J connectivity index is 2.05. The molecule has 7 heteroatoms. The van der Waals surface area contributed by atoms with Gasteiger partial charge in [0.2, 0.25) is 0 Å². The van der Waals surface area contributed by atoms with E-state index in [1.165, 1.54) is 12.1 Å². The summed E-state index contributed by atoms with van der Waals surface area (Å²) in [4.78, 5) is 2.11. The van der Waals surface area contributed by atoms with Crippen LogP contribution < -0.4 is 4.90 Å². The third-order valence-electron chi connectivity index (χ3n) is 3.90. The lowest BCUT2D eigenvalue weighted by Crippen LogP contribution is -2.38. The molecule has 0 saturated carbocycles. The first-order valence-corrected chi connectivity index (χ1v) is 8.54. The summed E-state index contributed by atoms with van der Waals surface area (Å²) in [5.74, 6) is -1.20. The molecule has 0 aliphatic carbocycles. The fourth-order valence-electron chi connectivity index (χ4n) is 2.50. The van der Waals surface area contributed by atoms with Crippen molar-refractivity contribution in [3.05, 3.63) is 24.3 Å². The molecule has 2 rings (SSSR count). The Hall–Kier alpha value is -1.24. The van der Waals surface area contributed by atoms with E-state index in [-0.39, 0.29) is 23.5 Å². The predicted octanol–water partition coefficient (Wildman–Crippen LogP) is 3.26. The molecule has 1 saturated heterocycles. The SMILES string of the molecule is CCS(=O)(=O)c1ccc(N2CCC(C(F)(F)F)CC2)cc1. The topological polar surface area (TPSA) is 37.4 Å². The van der Waals surface area contributed by atoms with Gasteiger partial charge in [-0.3, -0.25) is 0 Å². The summed E-state index contributed by atoms with van der Waals surface area (Å²) in [5.41, 5.74) is 0.769. The molecule has 1 aliphatic rings. The first-order chi connectivity index (χ1) is 9.74. The third kappa shape index (κ3) is 3.70. The Morgan fingerprint density at radius 1 is 1.14 bits per heavy atom. The van der Waals surface area contributed by atoms with Gasteiger partial charge >= 0.3 is 6.18 Å². The third-order valence-corrected chi connectivity index (χ3v) is 5.65. The molecule has 21 heavy (non-hydrogen) atoms. The smallest absolute Gasteiger partial charge is 0.372 e. The van der Waals surface area contributed by atoms with Gasteiger partial charge in [0.25, 0.3) is 0 Å². The van der Waals surface area contributed by atoms with Gasteiger partial charge in [-0.15, -0.1) is 0 Å². The van der Waals surface area contributed by atoms with Gasteiger partial charge in [0, 0.05) is 18.8 Å². The number of nitrogens with zero attached hydrogens (tertiary/aromatic N) is 1. The zero-order chi connectivity index (χ0) is 15.7. The van der Waals surface area contributed by atoms with Gasteiger partial charge < -0.3 is 4.90 Å². The van der Waals surface area contributed by atoms with Crippen LogP contribution >= 0.6 is 0 Å². The van der Waals surface area contributed by atoms with Crippen LogP contribution in [0.5, 0.6) is 0 Å². The summed E-state index contributed by atoms with van der Waals surface area (Å²) in [6.07, 6.45) is -3.96. The number of piperidine rings is 1. The molecule has 0 atom stereocenters. The van der Waals surface area contributed by atoms with Gasteiger partial charge in [-0.05, 0) is 37.1 Å². The highest BCUT2D eigenvalue weighted by Crippen LogP contribution is 2.35. The highest BCUT2D eigenvalue weighted by molar-refractivity contribution is 7.91. The quantitative estimate of drug-likeness (QED) is 0.857. The number of hydrogen-bond acceptors (Lipinski definition) is 3. The zero-order valence-electron chi connectivity index (χ0n) is 11.7. The summed E-state index contributed by atoms with van der Waals surface area (Å²) in [6.45, 7) is 2.25. The standard InChI is InChI=1S/C14H18F3NO2S/c1-2-21(19,20)13-5-3-12(4-6-13)18-9-7-11(8-10-18)14(15,16)17/h3-6,11H,2,7-10H2,1H3. The molecule has 0 amide bonds. The van der Waals surface area contributed by atoms with Crippen LogP contribution in [0.3, 0.4) is 0 Å². The number of halogens is 3. The van der Waals surface area contributed by atoms with Crippen LogP contribution in [0.2, 0.25) is 0 Å². The molecule has 1 fully saturated rings. The summed E-state index contributed by atoms with van der Waals surface area (Å²) in [5, 5.41) is 0. The molecule has 0 unspecified atom stereocenters. The Morgan fingerprint density at radius 3 is 2.10 bits per heavy atom. The molecule has 1 aliphatic heterocycles. The Labute approximate surface area is 122 Å². The minimum atomic E-state index is -4.12. The lowest BCUT2D eigenvalue weighted by Gasteiger charge is -2.34. The maximum absolute atomic E-state index is 12.6. The van der Waals surface area contributed by atoms with Gasteiger partial charge in [0.1, 0.15) is 0 Å². The van der Waals surface area contributed by atoms with Gasteiger partial charge in [0.05, 0.1) is 16.6 Å². The minimum Gasteiger partial charge on any atom is -0.372 e. The fraction of sp³-hybridized carbons (Fsp3) is 0.571. The average Bonchev–Trinajstić information content (AvgIpc) is 2.47. The highest BCUT2D eigenvalue weighted by Gasteiger charge is 2.41. The highest BCUT2D eigenvalue weighted by atomic mass is 32.2. The molecule has 1 heterocycles. The Bertz CT molecular complexity index is 573. The van der Waals surface area contributed by atoms with E-state index in [1.807, 2.05) is 4.90 Å². The van der Waals surface area contributed by atoms with Gasteiger partial charge in [-0.1, -0.05) is 6.92 Å². The first kappa shape index (κ1) is 16.1. The number of rotatable bonds is 3. The molecule has 0 aromatic heterocycles. The molecule has 118 valence electrons. The van der Waals surface area contributed by atoms with E-state index in [0.717, 1.165) is 5.69 Å². The van der Waals surface area contributed by atoms with Crippen LogP contribution in [0.25, 0.3) is 0 Å². The molecular weight excluding hydrogens is 303 g/mol. The Kier molecular flexibility index (Phi) is 4.51. The van der Waals surface area contributed by atoms with Crippen LogP contribution in [0.1, 0.15) is 19.8 Å². The van der Waals surface area contributed by atoms with Crippen molar-refractivity contribution in [3.63, 3.8) is 0 Å². The number of anilines is 1.